The molecule has 5 nitrogen and oxygen atoms in total. The maximum absolute atomic E-state index is 12.1. The molecule has 0 atom stereocenters. The zero-order valence-electron chi connectivity index (χ0n) is 10.1. The van der Waals surface area contributed by atoms with E-state index in [1.165, 1.54) is 0 Å². The maximum Gasteiger partial charge on any atom is 0.523 e. The van der Waals surface area contributed by atoms with Gasteiger partial charge < -0.3 is 0 Å². The van der Waals surface area contributed by atoms with E-state index in [0.717, 1.165) is 6.42 Å². The molecule has 1 heterocycles. The molecule has 1 aliphatic heterocycles. The highest BCUT2D eigenvalue weighted by Gasteiger charge is 2.48. The van der Waals surface area contributed by atoms with Crippen molar-refractivity contribution in [3.05, 3.63) is 0 Å². The van der Waals surface area contributed by atoms with Crippen LogP contribution in [0.4, 0.5) is 13.2 Å². The van der Waals surface area contributed by atoms with Gasteiger partial charge in [-0.25, -0.2) is 9.78 Å². The average Bonchev–Trinajstić information content (AvgIpc) is 2.76. The number of alkyl halides is 3. The minimum absolute atomic E-state index is 0.202. The summed E-state index contributed by atoms with van der Waals surface area (Å²) < 4.78 is 61.8. The van der Waals surface area contributed by atoms with Gasteiger partial charge in [0.2, 0.25) is 0 Å². The van der Waals surface area contributed by atoms with E-state index in [4.69, 9.17) is 9.78 Å². The average molecular weight is 304 g/mol. The van der Waals surface area contributed by atoms with Crippen molar-refractivity contribution in [2.24, 2.45) is 5.92 Å². The first kappa shape index (κ1) is 15.0. The summed E-state index contributed by atoms with van der Waals surface area (Å²) in [5, 5.41) is 0. The Labute approximate surface area is 109 Å². The van der Waals surface area contributed by atoms with E-state index in [9.17, 15) is 21.6 Å². The molecule has 112 valence electrons. The summed E-state index contributed by atoms with van der Waals surface area (Å²) in [4.78, 5) is 10.0. The lowest BCUT2D eigenvalue weighted by atomic mass is 9.78. The van der Waals surface area contributed by atoms with Gasteiger partial charge in [-0.2, -0.15) is 21.6 Å². The highest BCUT2D eigenvalue weighted by Crippen LogP contribution is 2.40. The van der Waals surface area contributed by atoms with E-state index >= 15 is 0 Å². The molecule has 0 aromatic heterocycles. The predicted octanol–water partition coefficient (Wildman–Crippen LogP) is 2.13. The summed E-state index contributed by atoms with van der Waals surface area (Å²) in [6.45, 7) is 0.0857. The van der Waals surface area contributed by atoms with Gasteiger partial charge in [0.1, 0.15) is 5.60 Å². The standard InChI is InChI=1S/C10H15F3O5S/c11-10(12,13)19(14,15)17-7-8-1-3-9(4-2-8)5-6-16-18-9/h8H,1-7H2. The molecule has 2 rings (SSSR count). The minimum atomic E-state index is -5.48. The van der Waals surface area contributed by atoms with Gasteiger partial charge in [0.25, 0.3) is 0 Å². The van der Waals surface area contributed by atoms with Crippen molar-refractivity contribution in [2.45, 2.75) is 43.2 Å². The quantitative estimate of drug-likeness (QED) is 0.454. The molecule has 0 N–H and O–H groups in total. The molecule has 19 heavy (non-hydrogen) atoms. The van der Waals surface area contributed by atoms with Gasteiger partial charge in [-0.05, 0) is 31.6 Å². The summed E-state index contributed by atoms with van der Waals surface area (Å²) in [6, 6.07) is 0. The monoisotopic (exact) mass is 304 g/mol. The van der Waals surface area contributed by atoms with Crippen molar-refractivity contribution in [1.82, 2.24) is 0 Å². The molecule has 0 aromatic carbocycles. The lowest BCUT2D eigenvalue weighted by Crippen LogP contribution is -2.35. The van der Waals surface area contributed by atoms with Crippen LogP contribution in [0.3, 0.4) is 0 Å². The summed E-state index contributed by atoms with van der Waals surface area (Å²) in [6.07, 6.45) is 3.19. The summed E-state index contributed by atoms with van der Waals surface area (Å²) >= 11 is 0. The van der Waals surface area contributed by atoms with Crippen LogP contribution in [0.25, 0.3) is 0 Å². The molecule has 2 aliphatic rings. The fourth-order valence-corrected chi connectivity index (χ4v) is 2.90. The molecule has 0 bridgehead atoms. The molecule has 0 radical (unpaired) electrons. The van der Waals surface area contributed by atoms with E-state index in [2.05, 4.69) is 4.18 Å². The molecular weight excluding hydrogens is 289 g/mol. The van der Waals surface area contributed by atoms with Crippen molar-refractivity contribution >= 4 is 10.1 Å². The highest BCUT2D eigenvalue weighted by atomic mass is 32.2. The van der Waals surface area contributed by atoms with Crippen LogP contribution in [0.5, 0.6) is 0 Å². The maximum atomic E-state index is 12.1. The molecular formula is C10H15F3O5S. The molecule has 0 aromatic rings. The molecule has 0 amide bonds. The van der Waals surface area contributed by atoms with Crippen molar-refractivity contribution < 1.29 is 35.5 Å². The molecule has 1 saturated carbocycles. The van der Waals surface area contributed by atoms with Gasteiger partial charge in [0.05, 0.1) is 13.2 Å². The van der Waals surface area contributed by atoms with Crippen LogP contribution < -0.4 is 0 Å². The Morgan fingerprint density at radius 1 is 1.21 bits per heavy atom. The summed E-state index contributed by atoms with van der Waals surface area (Å²) in [7, 11) is -5.48. The third-order valence-corrected chi connectivity index (χ3v) is 4.65. The molecule has 0 unspecified atom stereocenters. The van der Waals surface area contributed by atoms with Crippen LogP contribution in [0, 0.1) is 5.92 Å². The SMILES string of the molecule is O=S(=O)(OCC1CCC2(CCOO2)CC1)C(F)(F)F. The second kappa shape index (κ2) is 5.19. The van der Waals surface area contributed by atoms with Gasteiger partial charge in [-0.3, -0.25) is 4.18 Å². The van der Waals surface area contributed by atoms with Crippen LogP contribution in [0.1, 0.15) is 32.1 Å². The Balaban J connectivity index is 1.80. The Bertz CT molecular complexity index is 403. The van der Waals surface area contributed by atoms with Gasteiger partial charge in [-0.15, -0.1) is 0 Å². The number of hydrogen-bond acceptors (Lipinski definition) is 5. The predicted molar refractivity (Wildman–Crippen MR) is 57.3 cm³/mol. The highest BCUT2D eigenvalue weighted by molar-refractivity contribution is 7.87. The smallest absolute Gasteiger partial charge is 0.263 e. The van der Waals surface area contributed by atoms with Crippen LogP contribution in [0.2, 0.25) is 0 Å². The Morgan fingerprint density at radius 2 is 1.84 bits per heavy atom. The lowest BCUT2D eigenvalue weighted by Gasteiger charge is -2.34. The minimum Gasteiger partial charge on any atom is -0.263 e. The molecule has 1 aliphatic carbocycles. The van der Waals surface area contributed by atoms with Gasteiger partial charge >= 0.3 is 15.6 Å². The van der Waals surface area contributed by atoms with Gasteiger partial charge in [0.15, 0.2) is 0 Å². The summed E-state index contributed by atoms with van der Waals surface area (Å²) in [5.41, 5.74) is -5.69. The van der Waals surface area contributed by atoms with Crippen LogP contribution in [-0.4, -0.2) is 32.7 Å². The number of hydrogen-bond donors (Lipinski definition) is 0. The van der Waals surface area contributed by atoms with E-state index < -0.39 is 22.2 Å². The number of halogens is 3. The first-order valence-corrected chi connectivity index (χ1v) is 7.41. The fraction of sp³-hybridized carbons (Fsp3) is 1.00. The molecule has 1 spiro atoms. The zero-order valence-corrected chi connectivity index (χ0v) is 10.9. The summed E-state index contributed by atoms with van der Waals surface area (Å²) in [5.74, 6) is -0.202. The Morgan fingerprint density at radius 3 is 2.32 bits per heavy atom. The second-order valence-electron chi connectivity index (χ2n) is 4.97. The van der Waals surface area contributed by atoms with Gasteiger partial charge in [0, 0.05) is 6.42 Å². The van der Waals surface area contributed by atoms with Crippen LogP contribution in [-0.2, 0) is 24.1 Å². The van der Waals surface area contributed by atoms with E-state index in [1.807, 2.05) is 0 Å². The molecule has 9 heteroatoms. The normalized spacial score (nSPS) is 32.9. The van der Waals surface area contributed by atoms with E-state index in [0.29, 0.717) is 32.3 Å². The Kier molecular flexibility index (Phi) is 4.10. The third kappa shape index (κ3) is 3.39. The topological polar surface area (TPSA) is 61.8 Å². The van der Waals surface area contributed by atoms with Crippen LogP contribution in [0.15, 0.2) is 0 Å². The first-order valence-electron chi connectivity index (χ1n) is 6.00. The van der Waals surface area contributed by atoms with E-state index in [-0.39, 0.29) is 11.5 Å². The van der Waals surface area contributed by atoms with Crippen molar-refractivity contribution in [3.8, 4) is 0 Å². The number of rotatable bonds is 3. The second-order valence-corrected chi connectivity index (χ2v) is 6.57. The molecule has 2 fully saturated rings. The van der Waals surface area contributed by atoms with Crippen LogP contribution >= 0.6 is 0 Å². The molecule has 1 saturated heterocycles. The van der Waals surface area contributed by atoms with E-state index in [1.54, 1.807) is 0 Å². The largest absolute Gasteiger partial charge is 0.523 e. The first-order chi connectivity index (χ1) is 8.74. The third-order valence-electron chi connectivity index (χ3n) is 3.64. The fourth-order valence-electron chi connectivity index (χ4n) is 2.39. The van der Waals surface area contributed by atoms with Gasteiger partial charge in [-0.1, -0.05) is 0 Å². The zero-order chi connectivity index (χ0) is 14.1. The lowest BCUT2D eigenvalue weighted by molar-refractivity contribution is -0.315. The Hall–Kier alpha value is -0.380. The van der Waals surface area contributed by atoms with Crippen molar-refractivity contribution in [3.63, 3.8) is 0 Å². The van der Waals surface area contributed by atoms with Crippen molar-refractivity contribution in [2.75, 3.05) is 13.2 Å². The van der Waals surface area contributed by atoms with Crippen molar-refractivity contribution in [1.29, 1.82) is 0 Å².